The highest BCUT2D eigenvalue weighted by molar-refractivity contribution is 5.90. The number of aromatic nitrogens is 2. The van der Waals surface area contributed by atoms with Gasteiger partial charge >= 0.3 is 5.97 Å². The maximum atomic E-state index is 11.7. The minimum absolute atomic E-state index is 0.338. The molecule has 1 aliphatic rings. The number of nitrogen functional groups attached to an aromatic ring is 1. The zero-order valence-electron chi connectivity index (χ0n) is 16.2. The topological polar surface area (TPSA) is 102 Å². The molecule has 0 unspecified atom stereocenters. The van der Waals surface area contributed by atoms with Crippen molar-refractivity contribution in [2.45, 2.75) is 39.0 Å². The number of carbonyl (C=O) groups is 1. The molecule has 1 heterocycles. The van der Waals surface area contributed by atoms with Crippen LogP contribution in [0.5, 0.6) is 0 Å². The lowest BCUT2D eigenvalue weighted by molar-refractivity contribution is 0.0526. The van der Waals surface area contributed by atoms with Gasteiger partial charge in [-0.2, -0.15) is 0 Å². The molecule has 28 heavy (non-hydrogen) atoms. The van der Waals surface area contributed by atoms with Gasteiger partial charge in [0.2, 0.25) is 0 Å². The van der Waals surface area contributed by atoms with Crippen LogP contribution in [0.25, 0.3) is 0 Å². The zero-order chi connectivity index (χ0) is 19.8. The summed E-state index contributed by atoms with van der Waals surface area (Å²) in [5.41, 5.74) is 9.48. The van der Waals surface area contributed by atoms with Gasteiger partial charge in [-0.25, -0.2) is 14.8 Å². The Hall–Kier alpha value is -3.09. The van der Waals surface area contributed by atoms with Gasteiger partial charge < -0.3 is 21.1 Å². The number of rotatable bonds is 8. The minimum atomic E-state index is -0.338. The van der Waals surface area contributed by atoms with Crippen molar-refractivity contribution in [3.05, 3.63) is 47.8 Å². The number of nitrogens with one attached hydrogen (secondary N) is 2. The van der Waals surface area contributed by atoms with Crippen molar-refractivity contribution < 1.29 is 9.53 Å². The summed E-state index contributed by atoms with van der Waals surface area (Å²) in [7, 11) is 0. The van der Waals surface area contributed by atoms with Crippen LogP contribution >= 0.6 is 0 Å². The summed E-state index contributed by atoms with van der Waals surface area (Å²) in [5, 5.41) is 6.48. The predicted octanol–water partition coefficient (Wildman–Crippen LogP) is 4.28. The number of anilines is 4. The number of nitrogens with two attached hydrogens (primary N) is 1. The Morgan fingerprint density at radius 2 is 1.96 bits per heavy atom. The van der Waals surface area contributed by atoms with E-state index in [2.05, 4.69) is 26.7 Å². The molecule has 1 aromatic carbocycles. The third kappa shape index (κ3) is 5.22. The summed E-state index contributed by atoms with van der Waals surface area (Å²) in [4.78, 5) is 20.2. The van der Waals surface area contributed by atoms with Crippen LogP contribution in [0, 0.1) is 0 Å². The molecular weight excluding hydrogens is 354 g/mol. The molecule has 0 radical (unpaired) electrons. The van der Waals surface area contributed by atoms with Gasteiger partial charge in [0, 0.05) is 12.2 Å². The fourth-order valence-corrected chi connectivity index (χ4v) is 3.15. The van der Waals surface area contributed by atoms with E-state index < -0.39 is 0 Å². The van der Waals surface area contributed by atoms with Crippen molar-refractivity contribution in [2.75, 3.05) is 29.5 Å². The largest absolute Gasteiger partial charge is 0.462 e. The first-order chi connectivity index (χ1) is 13.7. The van der Waals surface area contributed by atoms with Gasteiger partial charge in [0.25, 0.3) is 0 Å². The second-order valence-electron chi connectivity index (χ2n) is 6.69. The molecule has 148 valence electrons. The number of carbonyl (C=O) groups excluding carboxylic acids is 1. The van der Waals surface area contributed by atoms with Crippen LogP contribution in [-0.2, 0) is 4.74 Å². The molecule has 1 aromatic heterocycles. The van der Waals surface area contributed by atoms with Gasteiger partial charge in [-0.1, -0.05) is 11.6 Å². The van der Waals surface area contributed by atoms with Gasteiger partial charge in [0.1, 0.15) is 12.0 Å². The third-order valence-corrected chi connectivity index (χ3v) is 4.67. The van der Waals surface area contributed by atoms with Crippen molar-refractivity contribution in [3.63, 3.8) is 0 Å². The van der Waals surface area contributed by atoms with E-state index >= 15 is 0 Å². The summed E-state index contributed by atoms with van der Waals surface area (Å²) in [6.07, 6.45) is 9.79. The molecule has 0 atom stereocenters. The van der Waals surface area contributed by atoms with Crippen LogP contribution in [0.4, 0.5) is 23.0 Å². The zero-order valence-corrected chi connectivity index (χ0v) is 16.2. The van der Waals surface area contributed by atoms with Gasteiger partial charge in [0.15, 0.2) is 11.6 Å². The van der Waals surface area contributed by atoms with Crippen LogP contribution in [0.3, 0.4) is 0 Å². The van der Waals surface area contributed by atoms with Crippen molar-refractivity contribution in [1.82, 2.24) is 9.97 Å². The number of ether oxygens (including phenoxy) is 1. The SMILES string of the molecule is CCOC(=O)c1ccc(Nc2ncnc(NCCC3=CCCCC3)c2N)cc1. The van der Waals surface area contributed by atoms with E-state index in [-0.39, 0.29) is 5.97 Å². The second kappa shape index (κ2) is 9.73. The number of benzene rings is 1. The van der Waals surface area contributed by atoms with Crippen LogP contribution in [0.15, 0.2) is 42.2 Å². The van der Waals surface area contributed by atoms with E-state index in [1.165, 1.54) is 37.6 Å². The smallest absolute Gasteiger partial charge is 0.338 e. The first-order valence-electron chi connectivity index (χ1n) is 9.74. The molecule has 0 amide bonds. The van der Waals surface area contributed by atoms with E-state index in [0.29, 0.717) is 29.5 Å². The molecule has 0 aliphatic heterocycles. The molecule has 3 rings (SSSR count). The highest BCUT2D eigenvalue weighted by atomic mass is 16.5. The predicted molar refractivity (Wildman–Crippen MR) is 112 cm³/mol. The molecular formula is C21H27N5O2. The average molecular weight is 381 g/mol. The van der Waals surface area contributed by atoms with E-state index in [1.807, 2.05) is 0 Å². The number of nitrogens with zero attached hydrogens (tertiary/aromatic N) is 2. The van der Waals surface area contributed by atoms with Gasteiger partial charge in [-0.05, 0) is 63.3 Å². The summed E-state index contributed by atoms with van der Waals surface area (Å²) < 4.78 is 4.99. The van der Waals surface area contributed by atoms with Gasteiger partial charge in [-0.15, -0.1) is 0 Å². The van der Waals surface area contributed by atoms with Crippen LogP contribution in [-0.4, -0.2) is 29.1 Å². The third-order valence-electron chi connectivity index (χ3n) is 4.67. The lowest BCUT2D eigenvalue weighted by atomic mass is 9.97. The number of hydrogen-bond acceptors (Lipinski definition) is 7. The number of esters is 1. The molecule has 1 aliphatic carbocycles. The molecule has 0 saturated carbocycles. The Labute approximate surface area is 165 Å². The quantitative estimate of drug-likeness (QED) is 0.463. The monoisotopic (exact) mass is 381 g/mol. The first kappa shape index (κ1) is 19.7. The molecule has 0 fully saturated rings. The molecule has 7 heteroatoms. The van der Waals surface area contributed by atoms with E-state index in [9.17, 15) is 4.79 Å². The lowest BCUT2D eigenvalue weighted by Gasteiger charge is -2.15. The maximum Gasteiger partial charge on any atom is 0.338 e. The van der Waals surface area contributed by atoms with Crippen molar-refractivity contribution in [3.8, 4) is 0 Å². The molecule has 0 spiro atoms. The molecule has 7 nitrogen and oxygen atoms in total. The van der Waals surface area contributed by atoms with Crippen molar-refractivity contribution >= 4 is 29.0 Å². The first-order valence-corrected chi connectivity index (χ1v) is 9.74. The van der Waals surface area contributed by atoms with Crippen molar-refractivity contribution in [2.24, 2.45) is 0 Å². The molecule has 0 saturated heterocycles. The van der Waals surface area contributed by atoms with E-state index in [4.69, 9.17) is 10.5 Å². The van der Waals surface area contributed by atoms with Crippen LogP contribution < -0.4 is 16.4 Å². The summed E-state index contributed by atoms with van der Waals surface area (Å²) in [5.74, 6) is 0.811. The fraction of sp³-hybridized carbons (Fsp3) is 0.381. The van der Waals surface area contributed by atoms with Crippen molar-refractivity contribution in [1.29, 1.82) is 0 Å². The van der Waals surface area contributed by atoms with Gasteiger partial charge in [0.05, 0.1) is 12.2 Å². The normalized spacial score (nSPS) is 13.5. The molecule has 4 N–H and O–H groups in total. The van der Waals surface area contributed by atoms with E-state index in [0.717, 1.165) is 18.7 Å². The van der Waals surface area contributed by atoms with E-state index in [1.54, 1.807) is 31.2 Å². The summed E-state index contributed by atoms with van der Waals surface area (Å²) >= 11 is 0. The Kier molecular flexibility index (Phi) is 6.84. The van der Waals surface area contributed by atoms with Gasteiger partial charge in [-0.3, -0.25) is 0 Å². The Morgan fingerprint density at radius 3 is 2.68 bits per heavy atom. The van der Waals surface area contributed by atoms with Crippen LogP contribution in [0.2, 0.25) is 0 Å². The standard InChI is InChI=1S/C21H27N5O2/c1-2-28-21(27)16-8-10-17(11-9-16)26-20-18(22)19(24-14-25-20)23-13-12-15-6-4-3-5-7-15/h6,8-11,14H,2-5,7,12-13,22H2,1H3,(H2,23,24,25,26). The summed E-state index contributed by atoms with van der Waals surface area (Å²) in [6.45, 7) is 2.92. The number of hydrogen-bond donors (Lipinski definition) is 3. The Bertz CT molecular complexity index is 833. The molecule has 0 bridgehead atoms. The lowest BCUT2D eigenvalue weighted by Crippen LogP contribution is -2.10. The highest BCUT2D eigenvalue weighted by Crippen LogP contribution is 2.26. The average Bonchev–Trinajstić information content (AvgIpc) is 2.72. The highest BCUT2D eigenvalue weighted by Gasteiger charge is 2.10. The van der Waals surface area contributed by atoms with Crippen LogP contribution in [0.1, 0.15) is 49.4 Å². The second-order valence-corrected chi connectivity index (χ2v) is 6.69. The minimum Gasteiger partial charge on any atom is -0.462 e. The Balaban J connectivity index is 1.60. The Morgan fingerprint density at radius 1 is 1.18 bits per heavy atom. The summed E-state index contributed by atoms with van der Waals surface area (Å²) in [6, 6.07) is 6.98. The number of allylic oxidation sites excluding steroid dienone is 1. The molecule has 2 aromatic rings. The fourth-order valence-electron chi connectivity index (χ4n) is 3.15. The maximum absolute atomic E-state index is 11.7.